The average molecular weight is 462 g/mol. The first-order valence-electron chi connectivity index (χ1n) is 11.8. The van der Waals surface area contributed by atoms with Gasteiger partial charge in [0.2, 0.25) is 0 Å². The van der Waals surface area contributed by atoms with Gasteiger partial charge >= 0.3 is 11.7 Å². The van der Waals surface area contributed by atoms with Gasteiger partial charge in [-0.1, -0.05) is 25.5 Å². The Morgan fingerprint density at radius 1 is 1.09 bits per heavy atom. The first-order chi connectivity index (χ1) is 16.3. The first kappa shape index (κ1) is 23.5. The number of esters is 1. The van der Waals surface area contributed by atoms with Crippen LogP contribution in [0.25, 0.3) is 11.4 Å². The highest BCUT2D eigenvalue weighted by atomic mass is 16.5. The number of aryl methyl sites for hydroxylation is 1. The highest BCUT2D eigenvalue weighted by Crippen LogP contribution is 2.22. The molecule has 4 rings (SSSR count). The summed E-state index contributed by atoms with van der Waals surface area (Å²) in [6.07, 6.45) is 6.08. The molecule has 1 saturated carbocycles. The smallest absolute Gasteiger partial charge is 0.355 e. The predicted octanol–water partition coefficient (Wildman–Crippen LogP) is 3.67. The number of amidine groups is 1. The van der Waals surface area contributed by atoms with E-state index in [2.05, 4.69) is 5.10 Å². The predicted molar refractivity (Wildman–Crippen MR) is 131 cm³/mol. The summed E-state index contributed by atoms with van der Waals surface area (Å²) in [6.45, 7) is 3.67. The molecule has 1 unspecified atom stereocenters. The number of nitrogens with zero attached hydrogens (tertiary/aromatic N) is 3. The largest absolute Gasteiger partial charge is 0.462 e. The lowest BCUT2D eigenvalue weighted by Gasteiger charge is -2.23. The number of benzene rings is 2. The monoisotopic (exact) mass is 461 g/mol. The third kappa shape index (κ3) is 5.11. The molecule has 0 amide bonds. The lowest BCUT2D eigenvalue weighted by atomic mass is 9.97. The van der Waals surface area contributed by atoms with E-state index in [1.54, 1.807) is 35.8 Å². The Morgan fingerprint density at radius 3 is 2.32 bits per heavy atom. The Labute approximate surface area is 198 Å². The minimum absolute atomic E-state index is 0.0303. The van der Waals surface area contributed by atoms with E-state index < -0.39 is 0 Å². The molecule has 0 saturated heterocycles. The van der Waals surface area contributed by atoms with Gasteiger partial charge in [-0.2, -0.15) is 4.68 Å². The molecule has 1 heterocycles. The summed E-state index contributed by atoms with van der Waals surface area (Å²) >= 11 is 0. The third-order valence-electron chi connectivity index (χ3n) is 6.34. The maximum absolute atomic E-state index is 13.1. The highest BCUT2D eigenvalue weighted by Gasteiger charge is 2.22. The molecular weight excluding hydrogens is 430 g/mol. The summed E-state index contributed by atoms with van der Waals surface area (Å²) in [5.41, 5.74) is 8.11. The minimum Gasteiger partial charge on any atom is -0.462 e. The average Bonchev–Trinajstić information content (AvgIpc) is 3.14. The van der Waals surface area contributed by atoms with Crippen LogP contribution in [0.2, 0.25) is 0 Å². The molecule has 2 aromatic carbocycles. The molecule has 1 aliphatic rings. The Hall–Kier alpha value is -3.68. The second-order valence-electron chi connectivity index (χ2n) is 9.01. The van der Waals surface area contributed by atoms with E-state index in [1.165, 1.54) is 11.1 Å². The molecule has 3 N–H and O–H groups in total. The van der Waals surface area contributed by atoms with Crippen LogP contribution in [-0.4, -0.2) is 32.3 Å². The maximum Gasteiger partial charge on any atom is 0.355 e. The van der Waals surface area contributed by atoms with Crippen molar-refractivity contribution < 1.29 is 9.53 Å². The summed E-state index contributed by atoms with van der Waals surface area (Å²) in [7, 11) is 0. The quantitative estimate of drug-likeness (QED) is 0.316. The third-order valence-corrected chi connectivity index (χ3v) is 6.34. The number of nitrogens with two attached hydrogens (primary N) is 1. The number of nitrogen functional groups attached to an aromatic ring is 1. The van der Waals surface area contributed by atoms with Crippen LogP contribution in [0, 0.1) is 18.3 Å². The van der Waals surface area contributed by atoms with E-state index in [4.69, 9.17) is 15.9 Å². The van der Waals surface area contributed by atoms with Crippen LogP contribution in [0.15, 0.2) is 53.3 Å². The second-order valence-corrected chi connectivity index (χ2v) is 9.01. The minimum atomic E-state index is -0.287. The van der Waals surface area contributed by atoms with Crippen LogP contribution in [0.1, 0.15) is 56.0 Å². The zero-order valence-corrected chi connectivity index (χ0v) is 19.7. The summed E-state index contributed by atoms with van der Waals surface area (Å²) in [6, 6.07) is 14.4. The number of carbonyl (C=O) groups excluding carboxylic acids is 1. The van der Waals surface area contributed by atoms with Crippen molar-refractivity contribution >= 4 is 11.8 Å². The first-order valence-corrected chi connectivity index (χ1v) is 11.8. The van der Waals surface area contributed by atoms with Gasteiger partial charge in [0.1, 0.15) is 17.8 Å². The Kier molecular flexibility index (Phi) is 6.95. The zero-order chi connectivity index (χ0) is 24.2. The lowest BCUT2D eigenvalue weighted by Crippen LogP contribution is -2.25. The van der Waals surface area contributed by atoms with Crippen molar-refractivity contribution in [3.63, 3.8) is 0 Å². The molecule has 1 fully saturated rings. The van der Waals surface area contributed by atoms with E-state index >= 15 is 0 Å². The number of carbonyl (C=O) groups is 1. The lowest BCUT2D eigenvalue weighted by molar-refractivity contribution is -0.154. The van der Waals surface area contributed by atoms with Crippen molar-refractivity contribution in [1.82, 2.24) is 14.3 Å². The normalized spacial score (nSPS) is 15.1. The van der Waals surface area contributed by atoms with Crippen molar-refractivity contribution in [2.24, 2.45) is 11.7 Å². The van der Waals surface area contributed by atoms with Gasteiger partial charge in [0, 0.05) is 5.56 Å². The summed E-state index contributed by atoms with van der Waals surface area (Å²) in [4.78, 5) is 25.6. The van der Waals surface area contributed by atoms with Crippen LogP contribution in [0.3, 0.4) is 0 Å². The topological polar surface area (TPSA) is 116 Å². The van der Waals surface area contributed by atoms with Gasteiger partial charge in [0.05, 0.1) is 17.3 Å². The number of nitrogens with one attached hydrogen (secondary N) is 1. The van der Waals surface area contributed by atoms with Crippen LogP contribution in [0.4, 0.5) is 0 Å². The van der Waals surface area contributed by atoms with Crippen LogP contribution in [-0.2, 0) is 16.0 Å². The number of rotatable bonds is 7. The molecule has 3 aromatic rings. The number of hydrogen-bond acceptors (Lipinski definition) is 5. The molecule has 8 heteroatoms. The van der Waals surface area contributed by atoms with E-state index in [1.807, 2.05) is 31.2 Å². The Morgan fingerprint density at radius 2 is 1.71 bits per heavy atom. The molecule has 1 aliphatic carbocycles. The fourth-order valence-corrected chi connectivity index (χ4v) is 4.39. The number of ether oxygens (including phenoxy) is 1. The van der Waals surface area contributed by atoms with E-state index in [9.17, 15) is 9.59 Å². The van der Waals surface area contributed by atoms with Gasteiger partial charge in [0.25, 0.3) is 0 Å². The SMILES string of the molecule is Cc1nn(-c2ccc(C(=N)N)cc2)c(=O)n1-c1ccc(CC(C)C(=O)OC2CCCCC2)cc1. The van der Waals surface area contributed by atoms with E-state index in [-0.39, 0.29) is 29.5 Å². The fourth-order valence-electron chi connectivity index (χ4n) is 4.39. The standard InChI is InChI=1S/C26H31N5O3/c1-17(25(32)34-23-6-4-3-5-7-23)16-19-8-12-21(13-9-19)30-18(2)29-31(26(30)33)22-14-10-20(11-15-22)24(27)28/h8-15,17,23H,3-7,16H2,1-2H3,(H3,27,28). The summed E-state index contributed by atoms with van der Waals surface area (Å²) < 4.78 is 8.58. The summed E-state index contributed by atoms with van der Waals surface area (Å²) in [5, 5.41) is 11.9. The van der Waals surface area contributed by atoms with Gasteiger partial charge in [-0.15, -0.1) is 5.10 Å². The fraction of sp³-hybridized carbons (Fsp3) is 0.385. The van der Waals surface area contributed by atoms with Crippen LogP contribution >= 0.6 is 0 Å². The highest BCUT2D eigenvalue weighted by molar-refractivity contribution is 5.95. The van der Waals surface area contributed by atoms with Crippen LogP contribution in [0.5, 0.6) is 0 Å². The molecular formula is C26H31N5O3. The number of aromatic nitrogens is 3. The van der Waals surface area contributed by atoms with Gasteiger partial charge in [-0.25, -0.2) is 9.36 Å². The molecule has 1 atom stereocenters. The van der Waals surface area contributed by atoms with Crippen LogP contribution < -0.4 is 11.4 Å². The second kappa shape index (κ2) is 10.1. The molecule has 0 spiro atoms. The van der Waals surface area contributed by atoms with Crippen molar-refractivity contribution in [3.8, 4) is 11.4 Å². The Balaban J connectivity index is 1.47. The molecule has 1 aromatic heterocycles. The van der Waals surface area contributed by atoms with Gasteiger partial charge < -0.3 is 10.5 Å². The van der Waals surface area contributed by atoms with Crippen molar-refractivity contribution in [3.05, 3.63) is 76.0 Å². The van der Waals surface area contributed by atoms with Crippen molar-refractivity contribution in [1.29, 1.82) is 5.41 Å². The van der Waals surface area contributed by atoms with Gasteiger partial charge in [0.15, 0.2) is 0 Å². The summed E-state index contributed by atoms with van der Waals surface area (Å²) in [5.74, 6) is 0.160. The molecule has 178 valence electrons. The molecule has 34 heavy (non-hydrogen) atoms. The Bertz CT molecular complexity index is 1220. The molecule has 0 aliphatic heterocycles. The molecule has 8 nitrogen and oxygen atoms in total. The van der Waals surface area contributed by atoms with Gasteiger partial charge in [-0.05, 0) is 81.0 Å². The van der Waals surface area contributed by atoms with E-state index in [0.29, 0.717) is 29.2 Å². The maximum atomic E-state index is 13.1. The van der Waals surface area contributed by atoms with Gasteiger partial charge in [-0.3, -0.25) is 10.2 Å². The molecule has 0 radical (unpaired) electrons. The van der Waals surface area contributed by atoms with Crippen molar-refractivity contribution in [2.75, 3.05) is 0 Å². The van der Waals surface area contributed by atoms with Crippen molar-refractivity contribution in [2.45, 2.75) is 58.5 Å². The van der Waals surface area contributed by atoms with E-state index in [0.717, 1.165) is 31.2 Å². The zero-order valence-electron chi connectivity index (χ0n) is 19.7. The number of hydrogen-bond donors (Lipinski definition) is 2. The molecule has 0 bridgehead atoms.